The third-order valence-corrected chi connectivity index (χ3v) is 7.57. The Kier molecular flexibility index (Phi) is 6.61. The zero-order valence-electron chi connectivity index (χ0n) is 21.6. The monoisotopic (exact) mass is 556 g/mol. The fourth-order valence-corrected chi connectivity index (χ4v) is 5.79. The number of hydrogen-bond acceptors (Lipinski definition) is 9. The molecule has 0 bridgehead atoms. The summed E-state index contributed by atoms with van der Waals surface area (Å²) in [6.45, 7) is 1.98. The molecule has 1 aromatic heterocycles. The van der Waals surface area contributed by atoms with E-state index in [0.29, 0.717) is 49.0 Å². The second-order valence-electron chi connectivity index (χ2n) is 8.98. The van der Waals surface area contributed by atoms with Crippen LogP contribution in [-0.2, 0) is 9.53 Å². The third kappa shape index (κ3) is 4.42. The van der Waals surface area contributed by atoms with Crippen molar-refractivity contribution < 1.29 is 28.8 Å². The van der Waals surface area contributed by atoms with Crippen LogP contribution in [0.5, 0.6) is 23.0 Å². The molecule has 10 heteroatoms. The molecule has 1 atom stereocenters. The molecular weight excluding hydrogens is 532 g/mol. The van der Waals surface area contributed by atoms with E-state index in [1.165, 1.54) is 29.1 Å². The van der Waals surface area contributed by atoms with Crippen molar-refractivity contribution in [2.75, 3.05) is 20.5 Å². The highest BCUT2D eigenvalue weighted by atomic mass is 32.1. The molecule has 2 aliphatic heterocycles. The number of esters is 1. The molecule has 0 radical (unpaired) electrons. The van der Waals surface area contributed by atoms with E-state index in [2.05, 4.69) is 0 Å². The normalized spacial score (nSPS) is 15.9. The number of carbonyl (C=O) groups excluding carboxylic acids is 1. The van der Waals surface area contributed by atoms with E-state index < -0.39 is 12.0 Å². The number of methoxy groups -OCH3 is 1. The van der Waals surface area contributed by atoms with Crippen molar-refractivity contribution in [2.24, 2.45) is 4.99 Å². The maximum Gasteiger partial charge on any atom is 0.338 e. The lowest BCUT2D eigenvalue weighted by Crippen LogP contribution is -2.40. The summed E-state index contributed by atoms with van der Waals surface area (Å²) >= 11 is 1.20. The van der Waals surface area contributed by atoms with Crippen LogP contribution in [0.25, 0.3) is 11.8 Å². The van der Waals surface area contributed by atoms with Crippen molar-refractivity contribution in [1.29, 1.82) is 0 Å². The van der Waals surface area contributed by atoms with Gasteiger partial charge in [-0.1, -0.05) is 53.8 Å². The minimum absolute atomic E-state index is 0.0433. The lowest BCUT2D eigenvalue weighted by Gasteiger charge is -2.26. The Bertz CT molecular complexity index is 1840. The number of phenols is 1. The molecule has 0 saturated heterocycles. The molecule has 40 heavy (non-hydrogen) atoms. The zero-order valence-corrected chi connectivity index (χ0v) is 22.4. The molecule has 6 rings (SSSR count). The van der Waals surface area contributed by atoms with Gasteiger partial charge >= 0.3 is 5.97 Å². The predicted octanol–water partition coefficient (Wildman–Crippen LogP) is 3.38. The Morgan fingerprint density at radius 3 is 2.67 bits per heavy atom. The molecule has 0 amide bonds. The number of fused-ring (bicyclic) bond motifs is 2. The Morgan fingerprint density at radius 2 is 1.93 bits per heavy atom. The molecule has 0 unspecified atom stereocenters. The van der Waals surface area contributed by atoms with Crippen molar-refractivity contribution in [3.63, 3.8) is 0 Å². The van der Waals surface area contributed by atoms with E-state index in [1.54, 1.807) is 37.3 Å². The van der Waals surface area contributed by atoms with E-state index in [4.69, 9.17) is 23.9 Å². The number of benzene rings is 3. The molecule has 0 fully saturated rings. The van der Waals surface area contributed by atoms with Gasteiger partial charge in [-0.2, -0.15) is 0 Å². The SMILES string of the molecule is CCOC(=O)C1=C(c2ccccc2)N=c2s/c(=C/c3ccc(OC)c(O)c3)c(=O)n2[C@H]1c1ccc2c(c1)OCO2. The molecule has 0 spiro atoms. The van der Waals surface area contributed by atoms with E-state index >= 15 is 0 Å². The molecule has 0 aliphatic carbocycles. The number of carbonyl (C=O) groups is 1. The van der Waals surface area contributed by atoms with Gasteiger partial charge in [0.1, 0.15) is 0 Å². The lowest BCUT2D eigenvalue weighted by atomic mass is 9.93. The topological polar surface area (TPSA) is 109 Å². The van der Waals surface area contributed by atoms with Crippen molar-refractivity contribution in [3.05, 3.63) is 109 Å². The van der Waals surface area contributed by atoms with Gasteiger partial charge in [-0.15, -0.1) is 0 Å². The number of thiazole rings is 1. The minimum atomic E-state index is -0.841. The van der Waals surface area contributed by atoms with Gasteiger partial charge in [0.05, 0.1) is 35.6 Å². The Morgan fingerprint density at radius 1 is 1.12 bits per heavy atom. The van der Waals surface area contributed by atoms with Crippen LogP contribution in [0.2, 0.25) is 0 Å². The maximum atomic E-state index is 14.0. The molecule has 202 valence electrons. The van der Waals surface area contributed by atoms with Crippen molar-refractivity contribution in [2.45, 2.75) is 13.0 Å². The van der Waals surface area contributed by atoms with Crippen LogP contribution in [0.4, 0.5) is 0 Å². The van der Waals surface area contributed by atoms with Crippen LogP contribution in [0.1, 0.15) is 29.7 Å². The Labute approximate surface area is 232 Å². The van der Waals surface area contributed by atoms with E-state index in [9.17, 15) is 14.7 Å². The second-order valence-corrected chi connectivity index (χ2v) is 9.98. The number of phenolic OH excluding ortho intramolecular Hbond substituents is 1. The molecule has 9 nitrogen and oxygen atoms in total. The highest BCUT2D eigenvalue weighted by Crippen LogP contribution is 2.40. The van der Waals surface area contributed by atoms with Crippen LogP contribution < -0.4 is 29.1 Å². The number of hydrogen-bond donors (Lipinski definition) is 1. The number of aromatic nitrogens is 1. The summed E-state index contributed by atoms with van der Waals surface area (Å²) < 4.78 is 23.6. The average molecular weight is 557 g/mol. The van der Waals surface area contributed by atoms with E-state index in [-0.39, 0.29) is 30.3 Å². The number of rotatable bonds is 6. The Hall–Kier alpha value is -4.83. The molecule has 3 aromatic carbocycles. The van der Waals surface area contributed by atoms with Gasteiger partial charge < -0.3 is 24.1 Å². The van der Waals surface area contributed by atoms with E-state index in [1.807, 2.05) is 36.4 Å². The second kappa shape index (κ2) is 10.4. The highest BCUT2D eigenvalue weighted by Gasteiger charge is 2.36. The van der Waals surface area contributed by atoms with Crippen LogP contribution in [0.15, 0.2) is 82.1 Å². The maximum absolute atomic E-state index is 14.0. The first-order valence-corrected chi connectivity index (χ1v) is 13.3. The van der Waals surface area contributed by atoms with E-state index in [0.717, 1.165) is 0 Å². The average Bonchev–Trinajstić information content (AvgIpc) is 3.56. The number of ether oxygens (including phenoxy) is 4. The molecule has 3 heterocycles. The molecule has 2 aliphatic rings. The van der Waals surface area contributed by atoms with Gasteiger partial charge in [0, 0.05) is 5.56 Å². The van der Waals surface area contributed by atoms with Gasteiger partial charge in [-0.25, -0.2) is 9.79 Å². The molecule has 4 aromatic rings. The van der Waals surface area contributed by atoms with Gasteiger partial charge in [0.25, 0.3) is 5.56 Å². The standard InChI is InChI=1S/C30H24N2O7S/c1-3-37-29(35)25-26(18-7-5-4-6-8-18)31-30-32(27(25)19-10-12-22-23(15-19)39-16-38-22)28(34)24(40-30)14-17-9-11-21(36-2)20(33)13-17/h4-15,27,33H,3,16H2,1-2H3/b24-14+/t27-/m0/s1. The first-order valence-electron chi connectivity index (χ1n) is 12.5. The zero-order chi connectivity index (χ0) is 27.8. The number of nitrogens with zero attached hydrogens (tertiary/aromatic N) is 2. The summed E-state index contributed by atoms with van der Waals surface area (Å²) in [6.07, 6.45) is 1.68. The van der Waals surface area contributed by atoms with Crippen LogP contribution >= 0.6 is 11.3 Å². The van der Waals surface area contributed by atoms with Gasteiger partial charge in [-0.05, 0) is 48.4 Å². The summed E-state index contributed by atoms with van der Waals surface area (Å²) in [4.78, 5) is 32.8. The quantitative estimate of drug-likeness (QED) is 0.363. The first kappa shape index (κ1) is 25.4. The smallest absolute Gasteiger partial charge is 0.338 e. The summed E-state index contributed by atoms with van der Waals surface area (Å²) in [7, 11) is 1.47. The summed E-state index contributed by atoms with van der Waals surface area (Å²) in [5, 5.41) is 10.3. The summed E-state index contributed by atoms with van der Waals surface area (Å²) in [6, 6.07) is 18.7. The molecular formula is C30H24N2O7S. The third-order valence-electron chi connectivity index (χ3n) is 6.59. The van der Waals surface area contributed by atoms with Gasteiger partial charge in [-0.3, -0.25) is 9.36 Å². The van der Waals surface area contributed by atoms with Crippen molar-refractivity contribution >= 4 is 29.1 Å². The predicted molar refractivity (Wildman–Crippen MR) is 148 cm³/mol. The Balaban J connectivity index is 1.62. The molecule has 0 saturated carbocycles. The largest absolute Gasteiger partial charge is 0.504 e. The fourth-order valence-electron chi connectivity index (χ4n) is 4.79. The van der Waals surface area contributed by atoms with Gasteiger partial charge in [0.15, 0.2) is 27.8 Å². The lowest BCUT2D eigenvalue weighted by molar-refractivity contribution is -0.138. The minimum Gasteiger partial charge on any atom is -0.504 e. The summed E-state index contributed by atoms with van der Waals surface area (Å²) in [5.41, 5.74) is 2.30. The van der Waals surface area contributed by atoms with Gasteiger partial charge in [0.2, 0.25) is 6.79 Å². The van der Waals surface area contributed by atoms with Crippen LogP contribution in [0, 0.1) is 0 Å². The first-order chi connectivity index (χ1) is 19.5. The van der Waals surface area contributed by atoms with Crippen molar-refractivity contribution in [3.8, 4) is 23.0 Å². The fraction of sp³-hybridized carbons (Fsp3) is 0.167. The molecule has 1 N–H and O–H groups in total. The summed E-state index contributed by atoms with van der Waals surface area (Å²) in [5.74, 6) is 0.823. The highest BCUT2D eigenvalue weighted by molar-refractivity contribution is 7.07. The number of aromatic hydroxyl groups is 1. The van der Waals surface area contributed by atoms with Crippen LogP contribution in [0.3, 0.4) is 0 Å². The van der Waals surface area contributed by atoms with Crippen LogP contribution in [-0.4, -0.2) is 36.2 Å². The van der Waals surface area contributed by atoms with Crippen molar-refractivity contribution in [1.82, 2.24) is 4.57 Å².